The summed E-state index contributed by atoms with van der Waals surface area (Å²) in [5, 5.41) is 2.70. The fourth-order valence-corrected chi connectivity index (χ4v) is 3.92. The molecule has 6 heteroatoms. The number of carbonyl (C=O) groups is 2. The highest BCUT2D eigenvalue weighted by Crippen LogP contribution is 2.35. The number of rotatable bonds is 3. The summed E-state index contributed by atoms with van der Waals surface area (Å²) in [5.41, 5.74) is 2.46. The lowest BCUT2D eigenvalue weighted by Gasteiger charge is -2.21. The van der Waals surface area contributed by atoms with Crippen LogP contribution in [0.25, 0.3) is 0 Å². The topological polar surface area (TPSA) is 49.4 Å². The van der Waals surface area contributed by atoms with Gasteiger partial charge in [0.15, 0.2) is 11.6 Å². The molecule has 0 radical (unpaired) electrons. The molecule has 1 fully saturated rings. The number of hydrogen-bond acceptors (Lipinski definition) is 2. The molecule has 0 aromatic heterocycles. The first-order valence-corrected chi connectivity index (χ1v) is 9.23. The molecule has 2 aliphatic rings. The smallest absolute Gasteiger partial charge is 0.255 e. The minimum atomic E-state index is -1.06. The molecule has 2 aromatic rings. The molecule has 2 amide bonds. The number of amides is 2. The van der Waals surface area contributed by atoms with Gasteiger partial charge in [0.25, 0.3) is 5.91 Å². The molecule has 0 bridgehead atoms. The van der Waals surface area contributed by atoms with Crippen molar-refractivity contribution in [3.05, 3.63) is 59.2 Å². The number of nitrogens with one attached hydrogen (secondary N) is 1. The van der Waals surface area contributed by atoms with Crippen LogP contribution in [0.5, 0.6) is 0 Å². The van der Waals surface area contributed by atoms with Gasteiger partial charge in [0.05, 0.1) is 0 Å². The molecule has 4 rings (SSSR count). The second-order valence-corrected chi connectivity index (χ2v) is 7.15. The summed E-state index contributed by atoms with van der Waals surface area (Å²) < 4.78 is 26.4. The highest BCUT2D eigenvalue weighted by molar-refractivity contribution is 6.05. The highest BCUT2D eigenvalue weighted by atomic mass is 19.2. The minimum absolute atomic E-state index is 0.0355. The van der Waals surface area contributed by atoms with Crippen molar-refractivity contribution in [3.63, 3.8) is 0 Å². The van der Waals surface area contributed by atoms with Crippen molar-refractivity contribution in [1.82, 2.24) is 0 Å². The third kappa shape index (κ3) is 3.44. The van der Waals surface area contributed by atoms with E-state index in [1.807, 2.05) is 11.0 Å². The number of nitrogens with zero attached hydrogens (tertiary/aromatic N) is 1. The Morgan fingerprint density at radius 1 is 1.00 bits per heavy atom. The molecule has 0 unspecified atom stereocenters. The van der Waals surface area contributed by atoms with Gasteiger partial charge in [-0.15, -0.1) is 0 Å². The van der Waals surface area contributed by atoms with Crippen LogP contribution in [0.2, 0.25) is 0 Å². The SMILES string of the molecule is O=C(Nc1ccc2c(c1)N(C(=O)C1CCCC1)CC2)c1ccc(F)c(F)c1. The van der Waals surface area contributed by atoms with E-state index in [1.54, 1.807) is 12.1 Å². The van der Waals surface area contributed by atoms with Gasteiger partial charge in [-0.05, 0) is 55.2 Å². The lowest BCUT2D eigenvalue weighted by atomic mass is 10.1. The van der Waals surface area contributed by atoms with Crippen LogP contribution in [0, 0.1) is 17.6 Å². The summed E-state index contributed by atoms with van der Waals surface area (Å²) in [6, 6.07) is 8.48. The van der Waals surface area contributed by atoms with Crippen LogP contribution in [0.4, 0.5) is 20.2 Å². The molecule has 1 saturated carbocycles. The normalized spacial score (nSPS) is 16.4. The first-order chi connectivity index (χ1) is 13.0. The Balaban J connectivity index is 1.53. The molecule has 1 heterocycles. The quantitative estimate of drug-likeness (QED) is 0.876. The van der Waals surface area contributed by atoms with E-state index in [0.29, 0.717) is 12.2 Å². The van der Waals surface area contributed by atoms with Crippen LogP contribution >= 0.6 is 0 Å². The third-order valence-corrected chi connectivity index (χ3v) is 5.39. The van der Waals surface area contributed by atoms with Gasteiger partial charge >= 0.3 is 0 Å². The summed E-state index contributed by atoms with van der Waals surface area (Å²) >= 11 is 0. The van der Waals surface area contributed by atoms with E-state index < -0.39 is 17.5 Å². The van der Waals surface area contributed by atoms with E-state index in [2.05, 4.69) is 5.32 Å². The lowest BCUT2D eigenvalue weighted by molar-refractivity contribution is -0.122. The van der Waals surface area contributed by atoms with Crippen LogP contribution in [0.15, 0.2) is 36.4 Å². The van der Waals surface area contributed by atoms with Crippen molar-refractivity contribution in [3.8, 4) is 0 Å². The summed E-state index contributed by atoms with van der Waals surface area (Å²) in [6.45, 7) is 0.658. The largest absolute Gasteiger partial charge is 0.322 e. The summed E-state index contributed by atoms with van der Waals surface area (Å²) in [6.07, 6.45) is 4.88. The van der Waals surface area contributed by atoms with E-state index in [-0.39, 0.29) is 17.4 Å². The average Bonchev–Trinajstić information content (AvgIpc) is 3.33. The minimum Gasteiger partial charge on any atom is -0.322 e. The van der Waals surface area contributed by atoms with Crippen molar-refractivity contribution in [2.24, 2.45) is 5.92 Å². The third-order valence-electron chi connectivity index (χ3n) is 5.39. The molecule has 0 saturated heterocycles. The summed E-state index contributed by atoms with van der Waals surface area (Å²) in [7, 11) is 0. The Morgan fingerprint density at radius 2 is 1.78 bits per heavy atom. The maximum Gasteiger partial charge on any atom is 0.255 e. The molecule has 1 aliphatic carbocycles. The maximum atomic E-state index is 13.3. The Kier molecular flexibility index (Phi) is 4.64. The molecule has 0 atom stereocenters. The van der Waals surface area contributed by atoms with E-state index in [1.165, 1.54) is 6.07 Å². The molecule has 0 spiro atoms. The fourth-order valence-electron chi connectivity index (χ4n) is 3.92. The van der Waals surface area contributed by atoms with Crippen molar-refractivity contribution in [2.75, 3.05) is 16.8 Å². The van der Waals surface area contributed by atoms with Crippen molar-refractivity contribution in [2.45, 2.75) is 32.1 Å². The van der Waals surface area contributed by atoms with E-state index in [9.17, 15) is 18.4 Å². The number of halogens is 2. The summed E-state index contributed by atoms with van der Waals surface area (Å²) in [4.78, 5) is 26.9. The molecule has 140 valence electrons. The number of fused-ring (bicyclic) bond motifs is 1. The van der Waals surface area contributed by atoms with Crippen LogP contribution in [-0.2, 0) is 11.2 Å². The number of benzene rings is 2. The predicted molar refractivity (Wildman–Crippen MR) is 98.8 cm³/mol. The number of hydrogen-bond donors (Lipinski definition) is 1. The van der Waals surface area contributed by atoms with Crippen LogP contribution in [0.3, 0.4) is 0 Å². The van der Waals surface area contributed by atoms with Gasteiger partial charge in [-0.2, -0.15) is 0 Å². The number of carbonyl (C=O) groups excluding carboxylic acids is 2. The Labute approximate surface area is 156 Å². The van der Waals surface area contributed by atoms with Crippen LogP contribution in [0.1, 0.15) is 41.6 Å². The van der Waals surface area contributed by atoms with Gasteiger partial charge in [-0.1, -0.05) is 18.9 Å². The zero-order valence-electron chi connectivity index (χ0n) is 14.8. The predicted octanol–water partition coefficient (Wildman–Crippen LogP) is 4.30. The van der Waals surface area contributed by atoms with Gasteiger partial charge in [0.1, 0.15) is 0 Å². The van der Waals surface area contributed by atoms with Gasteiger partial charge in [0, 0.05) is 29.4 Å². The Hall–Kier alpha value is -2.76. The standard InChI is InChI=1S/C21H20F2N2O2/c22-17-8-6-15(11-18(17)23)20(26)24-16-7-5-13-9-10-25(19(13)12-16)21(27)14-3-1-2-4-14/h5-8,11-12,14H,1-4,9-10H2,(H,24,26). The molecule has 1 aliphatic heterocycles. The molecule has 1 N–H and O–H groups in total. The monoisotopic (exact) mass is 370 g/mol. The van der Waals surface area contributed by atoms with Gasteiger partial charge in [-0.25, -0.2) is 8.78 Å². The molecule has 4 nitrogen and oxygen atoms in total. The number of anilines is 2. The highest BCUT2D eigenvalue weighted by Gasteiger charge is 2.32. The van der Waals surface area contributed by atoms with E-state index in [4.69, 9.17) is 0 Å². The van der Waals surface area contributed by atoms with Crippen molar-refractivity contribution >= 4 is 23.2 Å². The second kappa shape index (κ2) is 7.10. The Bertz CT molecular complexity index is 907. The van der Waals surface area contributed by atoms with Crippen LogP contribution in [-0.4, -0.2) is 18.4 Å². The molecule has 27 heavy (non-hydrogen) atoms. The fraction of sp³-hybridized carbons (Fsp3) is 0.333. The maximum absolute atomic E-state index is 13.3. The van der Waals surface area contributed by atoms with Crippen molar-refractivity contribution in [1.29, 1.82) is 0 Å². The lowest BCUT2D eigenvalue weighted by Crippen LogP contribution is -2.33. The van der Waals surface area contributed by atoms with E-state index >= 15 is 0 Å². The van der Waals surface area contributed by atoms with Crippen molar-refractivity contribution < 1.29 is 18.4 Å². The first-order valence-electron chi connectivity index (χ1n) is 9.23. The average molecular weight is 370 g/mol. The molecular formula is C21H20F2N2O2. The summed E-state index contributed by atoms with van der Waals surface area (Å²) in [5.74, 6) is -2.33. The molecular weight excluding hydrogens is 350 g/mol. The van der Waals surface area contributed by atoms with Gasteiger partial charge < -0.3 is 10.2 Å². The molecule has 2 aromatic carbocycles. The zero-order chi connectivity index (χ0) is 19.0. The van der Waals surface area contributed by atoms with Gasteiger partial charge in [-0.3, -0.25) is 9.59 Å². The first kappa shape index (κ1) is 17.6. The van der Waals surface area contributed by atoms with E-state index in [0.717, 1.165) is 55.5 Å². The zero-order valence-corrected chi connectivity index (χ0v) is 14.8. The van der Waals surface area contributed by atoms with Gasteiger partial charge in [0.2, 0.25) is 5.91 Å². The second-order valence-electron chi connectivity index (χ2n) is 7.15. The Morgan fingerprint density at radius 3 is 2.52 bits per heavy atom. The van der Waals surface area contributed by atoms with Crippen LogP contribution < -0.4 is 10.2 Å².